The molecule has 2 N–H and O–H groups in total. The van der Waals surface area contributed by atoms with E-state index in [0.29, 0.717) is 24.8 Å². The van der Waals surface area contributed by atoms with Gasteiger partial charge in [-0.2, -0.15) is 0 Å². The number of amidine groups is 1. The summed E-state index contributed by atoms with van der Waals surface area (Å²) in [4.78, 5) is 34.6. The van der Waals surface area contributed by atoms with Crippen molar-refractivity contribution in [3.63, 3.8) is 0 Å². The second-order valence-corrected chi connectivity index (χ2v) is 7.24. The molecule has 1 unspecified atom stereocenters. The number of likely N-dealkylation sites (N-methyl/N-ethyl adjacent to an activating group) is 1. The third-order valence-corrected chi connectivity index (χ3v) is 5.59. The molecule has 7 heteroatoms. The predicted octanol–water partition coefficient (Wildman–Crippen LogP) is 2.39. The Kier molecular flexibility index (Phi) is 5.42. The maximum absolute atomic E-state index is 12.8. The van der Waals surface area contributed by atoms with Crippen molar-refractivity contribution in [3.05, 3.63) is 12.3 Å². The lowest BCUT2D eigenvalue weighted by atomic mass is 9.87. The fraction of sp³-hybridized carbons (Fsp3) is 0.722. The maximum Gasteiger partial charge on any atom is 0.334 e. The highest BCUT2D eigenvalue weighted by Gasteiger charge is 2.46. The van der Waals surface area contributed by atoms with Gasteiger partial charge in [-0.25, -0.2) is 19.5 Å². The van der Waals surface area contributed by atoms with Crippen LogP contribution in [0.4, 0.5) is 9.59 Å². The first-order valence-corrected chi connectivity index (χ1v) is 9.38. The van der Waals surface area contributed by atoms with Crippen LogP contribution in [0, 0.1) is 5.92 Å². The quantitative estimate of drug-likeness (QED) is 0.851. The van der Waals surface area contributed by atoms with Crippen LogP contribution in [0.5, 0.6) is 0 Å². The Bertz CT molecular complexity index is 576. The molecule has 3 aliphatic rings. The second-order valence-electron chi connectivity index (χ2n) is 7.24. The van der Waals surface area contributed by atoms with Gasteiger partial charge in [0.2, 0.25) is 0 Å². The van der Waals surface area contributed by atoms with Gasteiger partial charge < -0.3 is 10.6 Å². The van der Waals surface area contributed by atoms with Crippen LogP contribution in [0.25, 0.3) is 0 Å². The van der Waals surface area contributed by atoms with Gasteiger partial charge in [-0.1, -0.05) is 25.8 Å². The summed E-state index contributed by atoms with van der Waals surface area (Å²) in [6.45, 7) is 5.71. The molecule has 0 aromatic rings. The third-order valence-electron chi connectivity index (χ3n) is 5.59. The molecule has 3 rings (SSSR count). The molecule has 0 bridgehead atoms. The van der Waals surface area contributed by atoms with E-state index in [1.165, 1.54) is 29.1 Å². The number of aliphatic imine (C=N–C) groups is 1. The molecule has 0 aromatic heterocycles. The number of likely N-dealkylation sites (tertiary alicyclic amines) is 1. The Morgan fingerprint density at radius 1 is 1.20 bits per heavy atom. The van der Waals surface area contributed by atoms with Crippen LogP contribution < -0.4 is 5.73 Å². The van der Waals surface area contributed by atoms with Gasteiger partial charge in [-0.15, -0.1) is 0 Å². The molecule has 0 aromatic carbocycles. The number of nitrogens with zero attached hydrogens (tertiary/aromatic N) is 4. The average Bonchev–Trinajstić information content (AvgIpc) is 3.25. The van der Waals surface area contributed by atoms with E-state index < -0.39 is 6.04 Å². The van der Waals surface area contributed by atoms with Gasteiger partial charge in [-0.05, 0) is 25.7 Å². The van der Waals surface area contributed by atoms with Crippen molar-refractivity contribution in [1.29, 1.82) is 0 Å². The van der Waals surface area contributed by atoms with Gasteiger partial charge in [0.1, 0.15) is 11.9 Å². The lowest BCUT2D eigenvalue weighted by Crippen LogP contribution is -2.50. The summed E-state index contributed by atoms with van der Waals surface area (Å²) >= 11 is 0. The first-order valence-electron chi connectivity index (χ1n) is 9.38. The van der Waals surface area contributed by atoms with Crippen molar-refractivity contribution in [2.24, 2.45) is 16.6 Å². The molecule has 1 saturated carbocycles. The minimum atomic E-state index is -0.508. The Labute approximate surface area is 149 Å². The molecule has 2 heterocycles. The Hall–Kier alpha value is -1.89. The molecule has 1 atom stereocenters. The number of imide groups is 1. The van der Waals surface area contributed by atoms with Crippen molar-refractivity contribution in [2.45, 2.75) is 51.0 Å². The van der Waals surface area contributed by atoms with Gasteiger partial charge in [0.05, 0.1) is 0 Å². The van der Waals surface area contributed by atoms with Gasteiger partial charge in [-0.3, -0.25) is 4.90 Å². The summed E-state index contributed by atoms with van der Waals surface area (Å²) in [7, 11) is 1.66. The summed E-state index contributed by atoms with van der Waals surface area (Å²) in [5.74, 6) is 0.919. The summed E-state index contributed by atoms with van der Waals surface area (Å²) < 4.78 is 0. The number of hydrogen-bond acceptors (Lipinski definition) is 4. The zero-order chi connectivity index (χ0) is 18.0. The van der Waals surface area contributed by atoms with Crippen LogP contribution in [0.3, 0.4) is 0 Å². The highest BCUT2D eigenvalue weighted by Crippen LogP contribution is 2.31. The maximum atomic E-state index is 12.8. The smallest absolute Gasteiger partial charge is 0.328 e. The van der Waals surface area contributed by atoms with Crippen molar-refractivity contribution in [2.75, 3.05) is 26.7 Å². The average molecular weight is 347 g/mol. The zero-order valence-electron chi connectivity index (χ0n) is 15.1. The normalized spacial score (nSPS) is 26.8. The summed E-state index contributed by atoms with van der Waals surface area (Å²) in [5, 5.41) is 0. The van der Waals surface area contributed by atoms with Crippen LogP contribution in [0.1, 0.15) is 44.9 Å². The lowest BCUT2D eigenvalue weighted by molar-refractivity contribution is 0.159. The molecule has 138 valence electrons. The summed E-state index contributed by atoms with van der Waals surface area (Å²) in [6.07, 6.45) is 7.81. The molecule has 7 nitrogen and oxygen atoms in total. The van der Waals surface area contributed by atoms with Crippen LogP contribution >= 0.6 is 0 Å². The fourth-order valence-corrected chi connectivity index (χ4v) is 4.04. The van der Waals surface area contributed by atoms with Crippen LogP contribution in [0.2, 0.25) is 0 Å². The number of carbonyl (C=O) groups excluding carboxylic acids is 2. The van der Waals surface area contributed by atoms with E-state index in [1.807, 2.05) is 0 Å². The minimum Gasteiger partial charge on any atom is -0.328 e. The van der Waals surface area contributed by atoms with Crippen LogP contribution in [-0.4, -0.2) is 65.3 Å². The van der Waals surface area contributed by atoms with Crippen LogP contribution in [0.15, 0.2) is 17.3 Å². The molecule has 0 spiro atoms. The Morgan fingerprint density at radius 2 is 1.84 bits per heavy atom. The second kappa shape index (κ2) is 7.56. The van der Waals surface area contributed by atoms with Crippen molar-refractivity contribution < 1.29 is 9.59 Å². The number of urea groups is 2. The lowest BCUT2D eigenvalue weighted by Gasteiger charge is -2.26. The van der Waals surface area contributed by atoms with E-state index in [2.05, 4.69) is 11.6 Å². The van der Waals surface area contributed by atoms with Crippen LogP contribution in [-0.2, 0) is 0 Å². The molecule has 3 fully saturated rings. The first kappa shape index (κ1) is 17.9. The molecular weight excluding hydrogens is 318 g/mol. The molecular formula is C18H29N5O2. The molecule has 1 aliphatic carbocycles. The third kappa shape index (κ3) is 3.42. The summed E-state index contributed by atoms with van der Waals surface area (Å²) in [5.41, 5.74) is 6.74. The number of nitrogens with two attached hydrogens (primary N) is 1. The molecule has 0 radical (unpaired) electrons. The van der Waals surface area contributed by atoms with E-state index >= 15 is 0 Å². The van der Waals surface area contributed by atoms with Gasteiger partial charge in [0.15, 0.2) is 0 Å². The van der Waals surface area contributed by atoms with Gasteiger partial charge >= 0.3 is 12.1 Å². The van der Waals surface area contributed by atoms with E-state index in [4.69, 9.17) is 5.73 Å². The predicted molar refractivity (Wildman–Crippen MR) is 97.2 cm³/mol. The number of rotatable bonds is 3. The highest BCUT2D eigenvalue weighted by molar-refractivity contribution is 6.13. The molecule has 25 heavy (non-hydrogen) atoms. The number of carbonyl (C=O) groups is 2. The topological polar surface area (TPSA) is 82.2 Å². The zero-order valence-corrected chi connectivity index (χ0v) is 15.1. The minimum absolute atomic E-state index is 0.173. The van der Waals surface area contributed by atoms with E-state index in [9.17, 15) is 9.59 Å². The SMILES string of the molecule is C=C(/N=C1\C(CN)N(C(=O)N2CCCC2)C(=O)N1C)C1CCCCC1. The van der Waals surface area contributed by atoms with Crippen molar-refractivity contribution in [1.82, 2.24) is 14.7 Å². The summed E-state index contributed by atoms with van der Waals surface area (Å²) in [6, 6.07) is -1.10. The van der Waals surface area contributed by atoms with Crippen molar-refractivity contribution >= 4 is 17.9 Å². The van der Waals surface area contributed by atoms with E-state index in [1.54, 1.807) is 11.9 Å². The van der Waals surface area contributed by atoms with E-state index in [-0.39, 0.29) is 18.6 Å². The molecule has 4 amide bonds. The fourth-order valence-electron chi connectivity index (χ4n) is 4.04. The van der Waals surface area contributed by atoms with Gasteiger partial charge in [0, 0.05) is 38.3 Å². The monoisotopic (exact) mass is 347 g/mol. The largest absolute Gasteiger partial charge is 0.334 e. The number of amides is 4. The standard InChI is InChI=1S/C18H29N5O2/c1-13(14-8-4-3-5-9-14)20-16-15(12-19)23(17(24)21(16)2)18(25)22-10-6-7-11-22/h14-15H,1,3-12,19H2,2H3/b20-16+. The number of allylic oxidation sites excluding steroid dienone is 1. The van der Waals surface area contributed by atoms with Crippen molar-refractivity contribution in [3.8, 4) is 0 Å². The Morgan fingerprint density at radius 3 is 2.44 bits per heavy atom. The first-order chi connectivity index (χ1) is 12.0. The highest BCUT2D eigenvalue weighted by atomic mass is 16.2. The van der Waals surface area contributed by atoms with Gasteiger partial charge in [0.25, 0.3) is 0 Å². The number of hydrogen-bond donors (Lipinski definition) is 1. The van der Waals surface area contributed by atoms with E-state index in [0.717, 1.165) is 31.4 Å². The Balaban J connectivity index is 1.81. The molecule has 2 saturated heterocycles. The molecule has 2 aliphatic heterocycles.